The number of hydrogen-bond acceptors (Lipinski definition) is 4. The minimum atomic E-state index is -3.54. The summed E-state index contributed by atoms with van der Waals surface area (Å²) in [5, 5.41) is 0. The summed E-state index contributed by atoms with van der Waals surface area (Å²) in [6.45, 7) is 5.36. The maximum Gasteiger partial charge on any atom is 0.279 e. The number of carbonyl (C=O) groups is 1. The molecule has 1 saturated heterocycles. The van der Waals surface area contributed by atoms with E-state index in [4.69, 9.17) is 4.74 Å². The van der Waals surface area contributed by atoms with Gasteiger partial charge in [-0.3, -0.25) is 4.79 Å². The third-order valence-electron chi connectivity index (χ3n) is 4.69. The second-order valence-corrected chi connectivity index (χ2v) is 9.11. The molecule has 0 radical (unpaired) electrons. The second kappa shape index (κ2) is 8.94. The summed E-state index contributed by atoms with van der Waals surface area (Å²) in [6, 6.07) is 9.38. The molecule has 1 aliphatic heterocycles. The number of nitrogens with zero attached hydrogens (tertiary/aromatic N) is 2. The molecule has 2 rings (SSSR count). The normalized spacial score (nSPS) is 20.9. The first-order chi connectivity index (χ1) is 12.2. The smallest absolute Gasteiger partial charge is 0.279 e. The van der Waals surface area contributed by atoms with Crippen LogP contribution in [0, 0.1) is 11.8 Å². The summed E-state index contributed by atoms with van der Waals surface area (Å²) < 4.78 is 33.7. The molecule has 8 heteroatoms. The molecule has 0 aromatic heterocycles. The van der Waals surface area contributed by atoms with E-state index in [-0.39, 0.29) is 30.4 Å². The lowest BCUT2D eigenvalue weighted by Gasteiger charge is -2.24. The molecule has 1 fully saturated rings. The Hall–Kier alpha value is -1.48. The van der Waals surface area contributed by atoms with E-state index in [1.165, 1.54) is 14.1 Å². The molecule has 0 aliphatic carbocycles. The molecule has 2 atom stereocenters. The number of carbonyl (C=O) groups excluding carboxylic acids is 1. The quantitative estimate of drug-likeness (QED) is 0.729. The number of likely N-dealkylation sites (tertiary alicyclic amines) is 1. The van der Waals surface area contributed by atoms with Gasteiger partial charge >= 0.3 is 0 Å². The average molecular weight is 384 g/mol. The number of benzene rings is 1. The molecular weight excluding hydrogens is 354 g/mol. The van der Waals surface area contributed by atoms with Crippen molar-refractivity contribution in [3.05, 3.63) is 35.9 Å². The number of ether oxygens (including phenoxy) is 1. The maximum absolute atomic E-state index is 12.5. The Morgan fingerprint density at radius 3 is 2.50 bits per heavy atom. The molecule has 1 aliphatic rings. The predicted molar refractivity (Wildman–Crippen MR) is 101 cm³/mol. The molecule has 1 heterocycles. The molecule has 1 amide bonds. The molecule has 0 spiro atoms. The first kappa shape index (κ1) is 20.8. The van der Waals surface area contributed by atoms with Crippen molar-refractivity contribution >= 4 is 16.1 Å². The highest BCUT2D eigenvalue weighted by atomic mass is 32.2. The molecule has 7 nitrogen and oxygen atoms in total. The molecule has 1 N–H and O–H groups in total. The zero-order valence-corrected chi connectivity index (χ0v) is 16.7. The van der Waals surface area contributed by atoms with Gasteiger partial charge in [0.1, 0.15) is 6.61 Å². The summed E-state index contributed by atoms with van der Waals surface area (Å²) in [5.41, 5.74) is 1.01. The van der Waals surface area contributed by atoms with E-state index in [2.05, 4.69) is 4.72 Å². The van der Waals surface area contributed by atoms with Gasteiger partial charge in [-0.15, -0.1) is 0 Å². The van der Waals surface area contributed by atoms with Crippen LogP contribution >= 0.6 is 0 Å². The lowest BCUT2D eigenvalue weighted by molar-refractivity contribution is -0.135. The monoisotopic (exact) mass is 383 g/mol. The van der Waals surface area contributed by atoms with Crippen LogP contribution in [-0.2, 0) is 26.3 Å². The van der Waals surface area contributed by atoms with Crippen LogP contribution in [0.4, 0.5) is 0 Å². The standard InChI is InChI=1S/C18H29N3O4S/c1-14(2)16-10-21(11-17(16)19-26(23,24)20(3)4)18(22)13-25-12-15-8-6-5-7-9-15/h5-9,14,16-17,19H,10-13H2,1-4H3/t16-,17+/m0/s1. The van der Waals surface area contributed by atoms with Crippen LogP contribution in [0.5, 0.6) is 0 Å². The molecule has 0 bridgehead atoms. The van der Waals surface area contributed by atoms with E-state index < -0.39 is 10.2 Å². The fraction of sp³-hybridized carbons (Fsp3) is 0.611. The first-order valence-corrected chi connectivity index (χ1v) is 10.2. The van der Waals surface area contributed by atoms with Gasteiger partial charge in [-0.05, 0) is 17.4 Å². The highest BCUT2D eigenvalue weighted by molar-refractivity contribution is 7.87. The second-order valence-electron chi connectivity index (χ2n) is 7.20. The minimum absolute atomic E-state index is 0.00708. The molecule has 1 aromatic rings. The Bertz CT molecular complexity index is 692. The Morgan fingerprint density at radius 2 is 1.92 bits per heavy atom. The van der Waals surface area contributed by atoms with Gasteiger partial charge in [-0.1, -0.05) is 44.2 Å². The topological polar surface area (TPSA) is 79.0 Å². The van der Waals surface area contributed by atoms with Crippen LogP contribution in [0.1, 0.15) is 19.4 Å². The van der Waals surface area contributed by atoms with Gasteiger partial charge in [-0.2, -0.15) is 17.4 Å². The Balaban J connectivity index is 1.92. The van der Waals surface area contributed by atoms with E-state index in [1.54, 1.807) is 4.90 Å². The Labute approximate surface area is 156 Å². The van der Waals surface area contributed by atoms with Gasteiger partial charge < -0.3 is 9.64 Å². The maximum atomic E-state index is 12.5. The highest BCUT2D eigenvalue weighted by Gasteiger charge is 2.39. The average Bonchev–Trinajstić information content (AvgIpc) is 2.99. The van der Waals surface area contributed by atoms with Crippen LogP contribution in [0.25, 0.3) is 0 Å². The SMILES string of the molecule is CC(C)[C@@H]1CN(C(=O)COCc2ccccc2)C[C@H]1NS(=O)(=O)N(C)C. The van der Waals surface area contributed by atoms with E-state index in [0.29, 0.717) is 19.7 Å². The van der Waals surface area contributed by atoms with Crippen LogP contribution in [0.15, 0.2) is 30.3 Å². The van der Waals surface area contributed by atoms with Gasteiger partial charge in [0.15, 0.2) is 0 Å². The van der Waals surface area contributed by atoms with Crippen molar-refractivity contribution in [3.63, 3.8) is 0 Å². The number of rotatable bonds is 8. The Morgan fingerprint density at radius 1 is 1.27 bits per heavy atom. The van der Waals surface area contributed by atoms with E-state index in [0.717, 1.165) is 9.87 Å². The summed E-state index contributed by atoms with van der Waals surface area (Å²) in [6.07, 6.45) is 0. The summed E-state index contributed by atoms with van der Waals surface area (Å²) >= 11 is 0. The van der Waals surface area contributed by atoms with Crippen molar-refractivity contribution in [1.29, 1.82) is 0 Å². The lowest BCUT2D eigenvalue weighted by atomic mass is 9.92. The number of amides is 1. The third kappa shape index (κ3) is 5.51. The van der Waals surface area contributed by atoms with Crippen molar-refractivity contribution in [3.8, 4) is 0 Å². The molecule has 26 heavy (non-hydrogen) atoms. The summed E-state index contributed by atoms with van der Waals surface area (Å²) in [5.74, 6) is 0.217. The number of hydrogen-bond donors (Lipinski definition) is 1. The van der Waals surface area contributed by atoms with Gasteiger partial charge in [0.05, 0.1) is 6.61 Å². The fourth-order valence-electron chi connectivity index (χ4n) is 3.05. The lowest BCUT2D eigenvalue weighted by Crippen LogP contribution is -2.47. The van der Waals surface area contributed by atoms with Crippen LogP contribution in [-0.4, -0.2) is 63.4 Å². The molecular formula is C18H29N3O4S. The van der Waals surface area contributed by atoms with Gasteiger partial charge in [0.2, 0.25) is 5.91 Å². The molecule has 0 unspecified atom stereocenters. The van der Waals surface area contributed by atoms with E-state index >= 15 is 0 Å². The minimum Gasteiger partial charge on any atom is -0.367 e. The molecule has 1 aromatic carbocycles. The van der Waals surface area contributed by atoms with Crippen molar-refractivity contribution in [1.82, 2.24) is 13.9 Å². The van der Waals surface area contributed by atoms with Crippen molar-refractivity contribution in [2.75, 3.05) is 33.8 Å². The number of nitrogens with one attached hydrogen (secondary N) is 1. The van der Waals surface area contributed by atoms with Crippen molar-refractivity contribution in [2.45, 2.75) is 26.5 Å². The summed E-state index contributed by atoms with van der Waals surface area (Å²) in [4.78, 5) is 14.2. The van der Waals surface area contributed by atoms with Crippen LogP contribution in [0.2, 0.25) is 0 Å². The molecule has 0 saturated carbocycles. The fourth-order valence-corrected chi connectivity index (χ4v) is 3.89. The van der Waals surface area contributed by atoms with Crippen LogP contribution < -0.4 is 4.72 Å². The van der Waals surface area contributed by atoms with E-state index in [9.17, 15) is 13.2 Å². The largest absolute Gasteiger partial charge is 0.367 e. The third-order valence-corrected chi connectivity index (χ3v) is 6.25. The van der Waals surface area contributed by atoms with Gasteiger partial charge in [0.25, 0.3) is 10.2 Å². The molecule has 146 valence electrons. The first-order valence-electron chi connectivity index (χ1n) is 8.80. The zero-order chi connectivity index (χ0) is 19.3. The Kier molecular flexibility index (Phi) is 7.16. The highest BCUT2D eigenvalue weighted by Crippen LogP contribution is 2.25. The van der Waals surface area contributed by atoms with Gasteiger partial charge in [-0.25, -0.2) is 0 Å². The predicted octanol–water partition coefficient (Wildman–Crippen LogP) is 1.08. The van der Waals surface area contributed by atoms with Crippen LogP contribution in [0.3, 0.4) is 0 Å². The zero-order valence-electron chi connectivity index (χ0n) is 15.9. The van der Waals surface area contributed by atoms with Gasteiger partial charge in [0, 0.05) is 33.2 Å². The van der Waals surface area contributed by atoms with E-state index in [1.807, 2.05) is 44.2 Å². The van der Waals surface area contributed by atoms with Crippen molar-refractivity contribution in [2.24, 2.45) is 11.8 Å². The van der Waals surface area contributed by atoms with Crippen molar-refractivity contribution < 1.29 is 17.9 Å². The summed E-state index contributed by atoms with van der Waals surface area (Å²) in [7, 11) is -0.560.